The topological polar surface area (TPSA) is 29.9 Å². The third kappa shape index (κ3) is 2.82. The molecule has 0 bridgehead atoms. The molecule has 1 N–H and O–H groups in total. The Labute approximate surface area is 116 Å². The van der Waals surface area contributed by atoms with Crippen molar-refractivity contribution < 1.29 is 0 Å². The van der Waals surface area contributed by atoms with Gasteiger partial charge in [0, 0.05) is 17.7 Å². The quantitative estimate of drug-likeness (QED) is 0.940. The molecule has 3 nitrogen and oxygen atoms in total. The van der Waals surface area contributed by atoms with E-state index in [9.17, 15) is 0 Å². The number of benzene rings is 1. The summed E-state index contributed by atoms with van der Waals surface area (Å²) in [7, 11) is 1.94. The molecule has 1 heterocycles. The number of nitrogens with zero attached hydrogens (tertiary/aromatic N) is 2. The zero-order valence-corrected chi connectivity index (χ0v) is 12.5. The number of hydrogen-bond acceptors (Lipinski definition) is 2. The average molecular weight is 308 g/mol. The highest BCUT2D eigenvalue weighted by Gasteiger charge is 2.17. The summed E-state index contributed by atoms with van der Waals surface area (Å²) in [5, 5.41) is 8.02. The lowest BCUT2D eigenvalue weighted by Crippen LogP contribution is -2.23. The standard InChI is InChI=1S/C14H18BrN3/c1-4-16-14(13-7-8-18(3)17-13)12-9-11(15)6-5-10(12)2/h5-9,14,16H,4H2,1-3H3. The van der Waals surface area contributed by atoms with Gasteiger partial charge in [0.15, 0.2) is 0 Å². The molecular formula is C14H18BrN3. The van der Waals surface area contributed by atoms with Gasteiger partial charge in [-0.15, -0.1) is 0 Å². The molecule has 1 aromatic carbocycles. The van der Waals surface area contributed by atoms with Gasteiger partial charge in [0.05, 0.1) is 11.7 Å². The molecule has 96 valence electrons. The van der Waals surface area contributed by atoms with E-state index in [4.69, 9.17) is 0 Å². The molecular weight excluding hydrogens is 290 g/mol. The molecule has 0 aliphatic rings. The van der Waals surface area contributed by atoms with Crippen molar-refractivity contribution in [1.82, 2.24) is 15.1 Å². The van der Waals surface area contributed by atoms with E-state index >= 15 is 0 Å². The second-order valence-electron chi connectivity index (χ2n) is 4.41. The molecule has 0 saturated heterocycles. The zero-order valence-electron chi connectivity index (χ0n) is 10.9. The van der Waals surface area contributed by atoms with Crippen molar-refractivity contribution in [2.75, 3.05) is 6.54 Å². The average Bonchev–Trinajstić information content (AvgIpc) is 2.76. The first kappa shape index (κ1) is 13.3. The van der Waals surface area contributed by atoms with Crippen LogP contribution in [0.1, 0.15) is 29.8 Å². The molecule has 18 heavy (non-hydrogen) atoms. The lowest BCUT2D eigenvalue weighted by molar-refractivity contribution is 0.597. The van der Waals surface area contributed by atoms with Gasteiger partial charge >= 0.3 is 0 Å². The summed E-state index contributed by atoms with van der Waals surface area (Å²) in [6, 6.07) is 8.58. The third-order valence-corrected chi connectivity index (χ3v) is 3.48. The summed E-state index contributed by atoms with van der Waals surface area (Å²) in [5.74, 6) is 0. The highest BCUT2D eigenvalue weighted by atomic mass is 79.9. The van der Waals surface area contributed by atoms with Crippen LogP contribution in [0.2, 0.25) is 0 Å². The molecule has 0 fully saturated rings. The summed E-state index contributed by atoms with van der Waals surface area (Å²) < 4.78 is 2.94. The SMILES string of the molecule is CCNC(c1ccn(C)n1)c1cc(Br)ccc1C. The van der Waals surface area contributed by atoms with E-state index in [-0.39, 0.29) is 6.04 Å². The minimum Gasteiger partial charge on any atom is -0.305 e. The Morgan fingerprint density at radius 2 is 2.17 bits per heavy atom. The van der Waals surface area contributed by atoms with Gasteiger partial charge in [0.2, 0.25) is 0 Å². The smallest absolute Gasteiger partial charge is 0.0839 e. The van der Waals surface area contributed by atoms with Crippen molar-refractivity contribution in [2.45, 2.75) is 19.9 Å². The van der Waals surface area contributed by atoms with Crippen LogP contribution in [0.4, 0.5) is 0 Å². The molecule has 2 aromatic rings. The van der Waals surface area contributed by atoms with Crippen LogP contribution in [0.25, 0.3) is 0 Å². The maximum Gasteiger partial charge on any atom is 0.0839 e. The Hall–Kier alpha value is -1.13. The van der Waals surface area contributed by atoms with Crippen LogP contribution in [-0.2, 0) is 7.05 Å². The normalized spacial score (nSPS) is 12.7. The maximum atomic E-state index is 4.52. The summed E-state index contributed by atoms with van der Waals surface area (Å²) in [6.45, 7) is 5.16. The van der Waals surface area contributed by atoms with Crippen molar-refractivity contribution >= 4 is 15.9 Å². The minimum absolute atomic E-state index is 0.147. The van der Waals surface area contributed by atoms with Crippen molar-refractivity contribution in [1.29, 1.82) is 0 Å². The summed E-state index contributed by atoms with van der Waals surface area (Å²) >= 11 is 3.54. The fraction of sp³-hybridized carbons (Fsp3) is 0.357. The van der Waals surface area contributed by atoms with E-state index in [1.54, 1.807) is 0 Å². The van der Waals surface area contributed by atoms with Crippen LogP contribution in [-0.4, -0.2) is 16.3 Å². The number of aromatic nitrogens is 2. The summed E-state index contributed by atoms with van der Waals surface area (Å²) in [6.07, 6.45) is 1.98. The Bertz CT molecular complexity index is 534. The Morgan fingerprint density at radius 3 is 2.78 bits per heavy atom. The lowest BCUT2D eigenvalue weighted by atomic mass is 9.99. The van der Waals surface area contributed by atoms with Crippen molar-refractivity contribution in [3.05, 3.63) is 51.8 Å². The van der Waals surface area contributed by atoms with Crippen LogP contribution in [0.5, 0.6) is 0 Å². The van der Waals surface area contributed by atoms with Crippen LogP contribution in [0.3, 0.4) is 0 Å². The highest BCUT2D eigenvalue weighted by Crippen LogP contribution is 2.26. The van der Waals surface area contributed by atoms with Crippen LogP contribution in [0, 0.1) is 6.92 Å². The van der Waals surface area contributed by atoms with Gasteiger partial charge in [-0.1, -0.05) is 28.9 Å². The molecule has 0 radical (unpaired) electrons. The number of rotatable bonds is 4. The Kier molecular flexibility index (Phi) is 4.19. The van der Waals surface area contributed by atoms with Crippen LogP contribution in [0.15, 0.2) is 34.9 Å². The van der Waals surface area contributed by atoms with Crippen LogP contribution < -0.4 is 5.32 Å². The second-order valence-corrected chi connectivity index (χ2v) is 5.32. The van der Waals surface area contributed by atoms with Crippen molar-refractivity contribution in [3.63, 3.8) is 0 Å². The number of halogens is 1. The monoisotopic (exact) mass is 307 g/mol. The maximum absolute atomic E-state index is 4.52. The summed E-state index contributed by atoms with van der Waals surface area (Å²) in [5.41, 5.74) is 3.60. The molecule has 0 spiro atoms. The predicted molar refractivity (Wildman–Crippen MR) is 77.6 cm³/mol. The molecule has 0 saturated carbocycles. The van der Waals surface area contributed by atoms with Crippen molar-refractivity contribution in [3.8, 4) is 0 Å². The van der Waals surface area contributed by atoms with Gasteiger partial charge in [0.25, 0.3) is 0 Å². The Morgan fingerprint density at radius 1 is 1.39 bits per heavy atom. The first-order chi connectivity index (χ1) is 8.61. The Balaban J connectivity index is 2.44. The van der Waals surface area contributed by atoms with Gasteiger partial charge < -0.3 is 5.32 Å². The van der Waals surface area contributed by atoms with Gasteiger partial charge in [-0.05, 0) is 42.8 Å². The van der Waals surface area contributed by atoms with Crippen molar-refractivity contribution in [2.24, 2.45) is 7.05 Å². The molecule has 2 rings (SSSR count). The second kappa shape index (κ2) is 5.67. The predicted octanol–water partition coefficient (Wildman–Crippen LogP) is 3.19. The molecule has 1 unspecified atom stereocenters. The number of aryl methyl sites for hydroxylation is 2. The number of nitrogens with one attached hydrogen (secondary N) is 1. The van der Waals surface area contributed by atoms with E-state index < -0.39 is 0 Å². The number of hydrogen-bond donors (Lipinski definition) is 1. The van der Waals surface area contributed by atoms with E-state index in [2.05, 4.69) is 64.5 Å². The molecule has 4 heteroatoms. The lowest BCUT2D eigenvalue weighted by Gasteiger charge is -2.18. The molecule has 0 amide bonds. The van der Waals surface area contributed by atoms with Gasteiger partial charge in [0.1, 0.15) is 0 Å². The summed E-state index contributed by atoms with van der Waals surface area (Å²) in [4.78, 5) is 0. The minimum atomic E-state index is 0.147. The van der Waals surface area contributed by atoms with Gasteiger partial charge in [-0.2, -0.15) is 5.10 Å². The van der Waals surface area contributed by atoms with E-state index in [0.29, 0.717) is 0 Å². The van der Waals surface area contributed by atoms with Gasteiger partial charge in [-0.25, -0.2) is 0 Å². The molecule has 0 aliphatic carbocycles. The van der Waals surface area contributed by atoms with Crippen LogP contribution >= 0.6 is 15.9 Å². The zero-order chi connectivity index (χ0) is 13.1. The first-order valence-corrected chi connectivity index (χ1v) is 6.90. The van der Waals surface area contributed by atoms with E-state index in [1.165, 1.54) is 11.1 Å². The fourth-order valence-electron chi connectivity index (χ4n) is 2.09. The molecule has 0 aliphatic heterocycles. The molecule has 1 aromatic heterocycles. The molecule has 1 atom stereocenters. The first-order valence-electron chi connectivity index (χ1n) is 6.10. The third-order valence-electron chi connectivity index (χ3n) is 2.99. The fourth-order valence-corrected chi connectivity index (χ4v) is 2.47. The van der Waals surface area contributed by atoms with E-state index in [0.717, 1.165) is 16.7 Å². The van der Waals surface area contributed by atoms with E-state index in [1.807, 2.05) is 17.9 Å². The largest absolute Gasteiger partial charge is 0.305 e. The highest BCUT2D eigenvalue weighted by molar-refractivity contribution is 9.10. The van der Waals surface area contributed by atoms with Gasteiger partial charge in [-0.3, -0.25) is 4.68 Å².